The van der Waals surface area contributed by atoms with Crippen LogP contribution < -0.4 is 4.74 Å². The molecule has 1 heterocycles. The van der Waals surface area contributed by atoms with Crippen molar-refractivity contribution in [3.63, 3.8) is 0 Å². The molecule has 1 aromatic heterocycles. The number of alkyl halides is 1. The van der Waals surface area contributed by atoms with Gasteiger partial charge in [0.15, 0.2) is 0 Å². The molecule has 0 aliphatic heterocycles. The van der Waals surface area contributed by atoms with E-state index in [0.29, 0.717) is 12.0 Å². The van der Waals surface area contributed by atoms with Gasteiger partial charge in [-0.05, 0) is 31.4 Å². The van der Waals surface area contributed by atoms with Gasteiger partial charge in [-0.1, -0.05) is 20.8 Å². The van der Waals surface area contributed by atoms with Crippen molar-refractivity contribution in [2.45, 2.75) is 45.5 Å². The Balaban J connectivity index is 2.68. The molecule has 0 spiro atoms. The molecule has 0 bridgehead atoms. The maximum absolute atomic E-state index is 6.34. The molecule has 2 rings (SSSR count). The van der Waals surface area contributed by atoms with Crippen molar-refractivity contribution in [2.75, 3.05) is 7.11 Å². The molecule has 0 N–H and O–H groups in total. The number of hydrogen-bond donors (Lipinski definition) is 0. The van der Waals surface area contributed by atoms with E-state index in [9.17, 15) is 0 Å². The van der Waals surface area contributed by atoms with Crippen molar-refractivity contribution < 1.29 is 4.74 Å². The second kappa shape index (κ2) is 6.04. The normalized spacial score (nSPS) is 14.8. The molecule has 2 atom stereocenters. The molecule has 1 aromatic carbocycles. The molecule has 0 aliphatic carbocycles. The van der Waals surface area contributed by atoms with Gasteiger partial charge in [0.2, 0.25) is 0 Å². The maximum atomic E-state index is 6.34. The van der Waals surface area contributed by atoms with E-state index in [0.717, 1.165) is 29.0 Å². The molecular formula is C16H23ClN2O. The average molecular weight is 295 g/mol. The first-order valence-corrected chi connectivity index (χ1v) is 7.63. The highest BCUT2D eigenvalue weighted by atomic mass is 35.5. The summed E-state index contributed by atoms with van der Waals surface area (Å²) in [6.45, 7) is 8.67. The summed E-state index contributed by atoms with van der Waals surface area (Å²) in [6, 6.07) is 6.44. The fourth-order valence-electron chi connectivity index (χ4n) is 2.81. The van der Waals surface area contributed by atoms with E-state index >= 15 is 0 Å². The summed E-state index contributed by atoms with van der Waals surface area (Å²) in [4.78, 5) is 4.72. The van der Waals surface area contributed by atoms with Crippen LogP contribution in [0.1, 0.15) is 51.4 Å². The molecule has 4 heteroatoms. The third kappa shape index (κ3) is 2.64. The molecular weight excluding hydrogens is 272 g/mol. The van der Waals surface area contributed by atoms with E-state index in [4.69, 9.17) is 21.3 Å². The Labute approximate surface area is 125 Å². The highest BCUT2D eigenvalue weighted by molar-refractivity contribution is 6.20. The minimum atomic E-state index is -0.110. The number of hydrogen-bond acceptors (Lipinski definition) is 2. The Morgan fingerprint density at radius 2 is 2.00 bits per heavy atom. The maximum Gasteiger partial charge on any atom is 0.127 e. The van der Waals surface area contributed by atoms with Crippen LogP contribution in [0.3, 0.4) is 0 Å². The van der Waals surface area contributed by atoms with Gasteiger partial charge in [-0.25, -0.2) is 4.98 Å². The number of nitrogens with zero attached hydrogens (tertiary/aromatic N) is 2. The van der Waals surface area contributed by atoms with Gasteiger partial charge in [-0.15, -0.1) is 11.6 Å². The Morgan fingerprint density at radius 3 is 2.50 bits per heavy atom. The number of imidazole rings is 1. The lowest BCUT2D eigenvalue weighted by atomic mass is 10.0. The van der Waals surface area contributed by atoms with E-state index in [1.165, 1.54) is 0 Å². The topological polar surface area (TPSA) is 27.1 Å². The summed E-state index contributed by atoms with van der Waals surface area (Å²) >= 11 is 6.34. The van der Waals surface area contributed by atoms with Crippen molar-refractivity contribution in [3.8, 4) is 5.75 Å². The van der Waals surface area contributed by atoms with E-state index < -0.39 is 0 Å². The molecule has 0 amide bonds. The summed E-state index contributed by atoms with van der Waals surface area (Å²) in [6.07, 6.45) is 1.06. The van der Waals surface area contributed by atoms with Gasteiger partial charge < -0.3 is 9.30 Å². The van der Waals surface area contributed by atoms with E-state index in [1.54, 1.807) is 7.11 Å². The first-order chi connectivity index (χ1) is 9.49. The van der Waals surface area contributed by atoms with Gasteiger partial charge in [0, 0.05) is 12.1 Å². The first kappa shape index (κ1) is 15.2. The van der Waals surface area contributed by atoms with Crippen molar-refractivity contribution in [1.29, 1.82) is 0 Å². The van der Waals surface area contributed by atoms with Crippen LogP contribution in [-0.2, 0) is 0 Å². The van der Waals surface area contributed by atoms with Gasteiger partial charge in [-0.3, -0.25) is 0 Å². The quantitative estimate of drug-likeness (QED) is 0.729. The van der Waals surface area contributed by atoms with Crippen molar-refractivity contribution >= 4 is 22.6 Å². The Morgan fingerprint density at radius 1 is 1.30 bits per heavy atom. The minimum absolute atomic E-state index is 0.110. The molecule has 0 fully saturated rings. The van der Waals surface area contributed by atoms with E-state index in [1.807, 2.05) is 19.1 Å². The summed E-state index contributed by atoms with van der Waals surface area (Å²) in [5.74, 6) is 2.30. The number of methoxy groups -OCH3 is 1. The van der Waals surface area contributed by atoms with Crippen LogP contribution in [0.25, 0.3) is 11.0 Å². The zero-order valence-corrected chi connectivity index (χ0v) is 13.6. The average Bonchev–Trinajstić information content (AvgIpc) is 2.78. The zero-order valence-electron chi connectivity index (χ0n) is 12.9. The largest absolute Gasteiger partial charge is 0.497 e. The SMILES string of the molecule is CCC(C(C)C)n1c(C(C)Cl)nc2cc(OC)ccc21. The summed E-state index contributed by atoms with van der Waals surface area (Å²) < 4.78 is 7.59. The Kier molecular flexibility index (Phi) is 4.59. The summed E-state index contributed by atoms with van der Waals surface area (Å²) in [5.41, 5.74) is 2.08. The molecule has 0 aliphatic rings. The van der Waals surface area contributed by atoms with E-state index in [-0.39, 0.29) is 5.38 Å². The van der Waals surface area contributed by atoms with Gasteiger partial charge in [0.05, 0.1) is 23.5 Å². The fourth-order valence-corrected chi connectivity index (χ4v) is 2.96. The predicted octanol–water partition coefficient (Wildman–Crippen LogP) is 4.95. The number of benzene rings is 1. The van der Waals surface area contributed by atoms with Crippen LogP contribution in [0, 0.1) is 5.92 Å². The molecule has 2 aromatic rings. The summed E-state index contributed by atoms with van der Waals surface area (Å²) in [7, 11) is 1.67. The molecule has 2 unspecified atom stereocenters. The second-order valence-electron chi connectivity index (χ2n) is 5.53. The number of aromatic nitrogens is 2. The smallest absolute Gasteiger partial charge is 0.127 e. The predicted molar refractivity (Wildman–Crippen MR) is 84.7 cm³/mol. The van der Waals surface area contributed by atoms with Crippen LogP contribution in [0.4, 0.5) is 0 Å². The van der Waals surface area contributed by atoms with Crippen LogP contribution in [0.5, 0.6) is 5.75 Å². The third-order valence-corrected chi connectivity index (χ3v) is 3.99. The van der Waals surface area contributed by atoms with Crippen molar-refractivity contribution in [1.82, 2.24) is 9.55 Å². The van der Waals surface area contributed by atoms with Gasteiger partial charge in [0.25, 0.3) is 0 Å². The minimum Gasteiger partial charge on any atom is -0.497 e. The van der Waals surface area contributed by atoms with Crippen LogP contribution in [-0.4, -0.2) is 16.7 Å². The lowest BCUT2D eigenvalue weighted by molar-refractivity contribution is 0.364. The monoisotopic (exact) mass is 294 g/mol. The fraction of sp³-hybridized carbons (Fsp3) is 0.562. The van der Waals surface area contributed by atoms with Gasteiger partial charge in [0.1, 0.15) is 11.6 Å². The molecule has 3 nitrogen and oxygen atoms in total. The number of ether oxygens (including phenoxy) is 1. The molecule has 0 saturated heterocycles. The number of rotatable bonds is 5. The molecule has 0 saturated carbocycles. The van der Waals surface area contributed by atoms with Crippen LogP contribution >= 0.6 is 11.6 Å². The number of halogens is 1. The highest BCUT2D eigenvalue weighted by Crippen LogP contribution is 2.33. The van der Waals surface area contributed by atoms with Crippen molar-refractivity contribution in [2.24, 2.45) is 5.92 Å². The first-order valence-electron chi connectivity index (χ1n) is 7.19. The van der Waals surface area contributed by atoms with E-state index in [2.05, 4.69) is 31.4 Å². The zero-order chi connectivity index (χ0) is 14.9. The molecule has 0 radical (unpaired) electrons. The summed E-state index contributed by atoms with van der Waals surface area (Å²) in [5, 5.41) is -0.110. The lowest BCUT2D eigenvalue weighted by Gasteiger charge is -2.24. The standard InChI is InChI=1S/C16H23ClN2O/c1-6-14(10(2)3)19-15-8-7-12(20-5)9-13(15)18-16(19)11(4)17/h7-11,14H,6H2,1-5H3. The number of fused-ring (bicyclic) bond motifs is 1. The second-order valence-corrected chi connectivity index (χ2v) is 6.18. The van der Waals surface area contributed by atoms with Gasteiger partial charge in [-0.2, -0.15) is 0 Å². The van der Waals surface area contributed by atoms with Crippen LogP contribution in [0.2, 0.25) is 0 Å². The highest BCUT2D eigenvalue weighted by Gasteiger charge is 2.23. The Bertz CT molecular complexity index is 589. The Hall–Kier alpha value is -1.22. The van der Waals surface area contributed by atoms with Gasteiger partial charge >= 0.3 is 0 Å². The molecule has 20 heavy (non-hydrogen) atoms. The van der Waals surface area contributed by atoms with Crippen molar-refractivity contribution in [3.05, 3.63) is 24.0 Å². The van der Waals surface area contributed by atoms with Crippen LogP contribution in [0.15, 0.2) is 18.2 Å². The third-order valence-electron chi connectivity index (χ3n) is 3.80. The lowest BCUT2D eigenvalue weighted by Crippen LogP contribution is -2.17. The molecule has 110 valence electrons.